The summed E-state index contributed by atoms with van der Waals surface area (Å²) in [5, 5.41) is 9.97. The lowest BCUT2D eigenvalue weighted by molar-refractivity contribution is 0.239. The van der Waals surface area contributed by atoms with Crippen LogP contribution in [0.1, 0.15) is 22.8 Å². The van der Waals surface area contributed by atoms with E-state index in [9.17, 15) is 5.11 Å². The summed E-state index contributed by atoms with van der Waals surface area (Å²) in [6.45, 7) is 1.82. The Hall–Kier alpha value is -2.24. The van der Waals surface area contributed by atoms with Gasteiger partial charge in [-0.2, -0.15) is 0 Å². The fraction of sp³-hybridized carbons (Fsp3) is 0.222. The van der Waals surface area contributed by atoms with E-state index < -0.39 is 6.10 Å². The summed E-state index contributed by atoms with van der Waals surface area (Å²) in [6.07, 6.45) is 5.54. The molecule has 1 aliphatic heterocycles. The second-order valence-electron chi connectivity index (χ2n) is 5.07. The Bertz CT molecular complexity index is 656. The molecular weight excluding hydrogens is 246 g/mol. The fourth-order valence-electron chi connectivity index (χ4n) is 2.80. The van der Waals surface area contributed by atoms with Crippen LogP contribution in [0.5, 0.6) is 0 Å². The van der Waals surface area contributed by atoms with Gasteiger partial charge >= 0.3 is 0 Å². The first-order chi connectivity index (χ1) is 9.79. The Balaban J connectivity index is 1.94. The molecule has 0 bridgehead atoms. The van der Waals surface area contributed by atoms with Gasteiger partial charge in [0, 0.05) is 24.3 Å². The van der Waals surface area contributed by atoms with Crippen LogP contribution in [0, 0.1) is 12.3 Å². The summed E-state index contributed by atoms with van der Waals surface area (Å²) in [6, 6.07) is 16.4. The first kappa shape index (κ1) is 12.8. The van der Waals surface area contributed by atoms with Gasteiger partial charge in [-0.05, 0) is 23.6 Å². The van der Waals surface area contributed by atoms with Gasteiger partial charge in [-0.25, -0.2) is 0 Å². The molecule has 2 aromatic rings. The van der Waals surface area contributed by atoms with Gasteiger partial charge in [0.25, 0.3) is 0 Å². The van der Waals surface area contributed by atoms with Gasteiger partial charge in [0.2, 0.25) is 0 Å². The highest BCUT2D eigenvalue weighted by atomic mass is 16.3. The normalized spacial score (nSPS) is 15.3. The molecular formula is C18H17NO. The lowest BCUT2D eigenvalue weighted by Crippen LogP contribution is -2.31. The molecule has 100 valence electrons. The minimum atomic E-state index is -0.844. The number of anilines is 1. The highest BCUT2D eigenvalue weighted by Crippen LogP contribution is 2.30. The van der Waals surface area contributed by atoms with E-state index in [1.165, 1.54) is 11.1 Å². The highest BCUT2D eigenvalue weighted by molar-refractivity contribution is 5.57. The van der Waals surface area contributed by atoms with Crippen molar-refractivity contribution in [2.75, 3.05) is 11.4 Å². The van der Waals surface area contributed by atoms with Gasteiger partial charge in [0.1, 0.15) is 6.10 Å². The topological polar surface area (TPSA) is 23.5 Å². The Morgan fingerprint density at radius 2 is 1.75 bits per heavy atom. The third-order valence-electron chi connectivity index (χ3n) is 3.86. The molecule has 1 N–H and O–H groups in total. The van der Waals surface area contributed by atoms with Crippen molar-refractivity contribution >= 4 is 5.69 Å². The van der Waals surface area contributed by atoms with Crippen LogP contribution >= 0.6 is 0 Å². The fourth-order valence-corrected chi connectivity index (χ4v) is 2.80. The predicted molar refractivity (Wildman–Crippen MR) is 81.4 cm³/mol. The second kappa shape index (κ2) is 5.40. The number of nitrogens with zero attached hydrogens (tertiary/aromatic N) is 1. The molecule has 20 heavy (non-hydrogen) atoms. The maximum atomic E-state index is 9.97. The van der Waals surface area contributed by atoms with E-state index >= 15 is 0 Å². The quantitative estimate of drug-likeness (QED) is 0.842. The summed E-state index contributed by atoms with van der Waals surface area (Å²) >= 11 is 0. The zero-order chi connectivity index (χ0) is 13.9. The van der Waals surface area contributed by atoms with E-state index in [-0.39, 0.29) is 0 Å². The maximum Gasteiger partial charge on any atom is 0.141 e. The van der Waals surface area contributed by atoms with Crippen molar-refractivity contribution < 1.29 is 5.11 Å². The molecule has 0 saturated heterocycles. The van der Waals surface area contributed by atoms with Crippen molar-refractivity contribution in [3.8, 4) is 12.3 Å². The molecule has 0 aliphatic carbocycles. The van der Waals surface area contributed by atoms with Crippen molar-refractivity contribution in [1.29, 1.82) is 0 Å². The number of para-hydroxylation sites is 1. The van der Waals surface area contributed by atoms with Crippen LogP contribution in [0.2, 0.25) is 0 Å². The Labute approximate surface area is 119 Å². The average Bonchev–Trinajstić information content (AvgIpc) is 2.53. The SMILES string of the molecule is C#CC(O)c1ccccc1N1CCc2ccccc2C1. The molecule has 2 aromatic carbocycles. The van der Waals surface area contributed by atoms with Gasteiger partial charge in [-0.1, -0.05) is 48.4 Å². The smallest absolute Gasteiger partial charge is 0.141 e. The van der Waals surface area contributed by atoms with E-state index in [2.05, 4.69) is 35.1 Å². The molecule has 1 heterocycles. The first-order valence-corrected chi connectivity index (χ1v) is 6.84. The average molecular weight is 263 g/mol. The molecule has 2 heteroatoms. The van der Waals surface area contributed by atoms with Crippen molar-refractivity contribution in [3.05, 3.63) is 65.2 Å². The minimum absolute atomic E-state index is 0.814. The molecule has 3 rings (SSSR count). The van der Waals surface area contributed by atoms with E-state index in [0.717, 1.165) is 30.8 Å². The van der Waals surface area contributed by atoms with Crippen molar-refractivity contribution in [2.45, 2.75) is 19.1 Å². The van der Waals surface area contributed by atoms with Crippen LogP contribution in [-0.4, -0.2) is 11.7 Å². The molecule has 1 unspecified atom stereocenters. The van der Waals surface area contributed by atoms with Crippen LogP contribution in [0.15, 0.2) is 48.5 Å². The van der Waals surface area contributed by atoms with E-state index in [4.69, 9.17) is 6.42 Å². The number of aliphatic hydroxyl groups is 1. The number of fused-ring (bicyclic) bond motifs is 1. The maximum absolute atomic E-state index is 9.97. The molecule has 0 aromatic heterocycles. The Morgan fingerprint density at radius 3 is 2.55 bits per heavy atom. The standard InChI is InChI=1S/C18H17NO/c1-2-18(20)16-9-5-6-10-17(16)19-12-11-14-7-3-4-8-15(14)13-19/h1,3-10,18,20H,11-13H2. The third-order valence-corrected chi connectivity index (χ3v) is 3.86. The molecule has 1 aliphatic rings. The lowest BCUT2D eigenvalue weighted by atomic mass is 9.98. The van der Waals surface area contributed by atoms with E-state index in [1.54, 1.807) is 0 Å². The molecule has 0 fully saturated rings. The van der Waals surface area contributed by atoms with Gasteiger partial charge in [-0.3, -0.25) is 0 Å². The molecule has 0 spiro atoms. The van der Waals surface area contributed by atoms with Crippen molar-refractivity contribution in [3.63, 3.8) is 0 Å². The molecule has 1 atom stereocenters. The summed E-state index contributed by atoms with van der Waals surface area (Å²) in [5.74, 6) is 2.41. The summed E-state index contributed by atoms with van der Waals surface area (Å²) < 4.78 is 0. The number of terminal acetylenes is 1. The summed E-state index contributed by atoms with van der Waals surface area (Å²) in [7, 11) is 0. The van der Waals surface area contributed by atoms with Gasteiger partial charge < -0.3 is 10.0 Å². The van der Waals surface area contributed by atoms with Gasteiger partial charge in [0.05, 0.1) is 0 Å². The van der Waals surface area contributed by atoms with Crippen LogP contribution in [0.4, 0.5) is 5.69 Å². The molecule has 0 radical (unpaired) electrons. The van der Waals surface area contributed by atoms with Gasteiger partial charge in [-0.15, -0.1) is 6.42 Å². The zero-order valence-electron chi connectivity index (χ0n) is 11.3. The first-order valence-electron chi connectivity index (χ1n) is 6.84. The largest absolute Gasteiger partial charge is 0.376 e. The lowest BCUT2D eigenvalue weighted by Gasteiger charge is -2.32. The monoisotopic (exact) mass is 263 g/mol. The molecule has 0 amide bonds. The number of hydrogen-bond donors (Lipinski definition) is 1. The zero-order valence-corrected chi connectivity index (χ0v) is 11.3. The van der Waals surface area contributed by atoms with Crippen LogP contribution in [0.3, 0.4) is 0 Å². The van der Waals surface area contributed by atoms with Crippen LogP contribution < -0.4 is 4.90 Å². The van der Waals surface area contributed by atoms with Crippen molar-refractivity contribution in [2.24, 2.45) is 0 Å². The van der Waals surface area contributed by atoms with Crippen LogP contribution in [0.25, 0.3) is 0 Å². The molecule has 0 saturated carbocycles. The summed E-state index contributed by atoms with van der Waals surface area (Å²) in [5.41, 5.74) is 4.62. The van der Waals surface area contributed by atoms with E-state index in [0.29, 0.717) is 0 Å². The van der Waals surface area contributed by atoms with Crippen LogP contribution in [-0.2, 0) is 13.0 Å². The number of aliphatic hydroxyl groups excluding tert-OH is 1. The van der Waals surface area contributed by atoms with Gasteiger partial charge in [0.15, 0.2) is 0 Å². The van der Waals surface area contributed by atoms with E-state index in [1.807, 2.05) is 24.3 Å². The Kier molecular flexibility index (Phi) is 3.45. The molecule has 2 nitrogen and oxygen atoms in total. The van der Waals surface area contributed by atoms with Crippen molar-refractivity contribution in [1.82, 2.24) is 0 Å². The number of rotatable bonds is 2. The summed E-state index contributed by atoms with van der Waals surface area (Å²) in [4.78, 5) is 2.29. The number of benzene rings is 2. The Morgan fingerprint density at radius 1 is 1.05 bits per heavy atom. The highest BCUT2D eigenvalue weighted by Gasteiger charge is 2.19. The number of hydrogen-bond acceptors (Lipinski definition) is 2. The third kappa shape index (κ3) is 2.29. The minimum Gasteiger partial charge on any atom is -0.376 e. The predicted octanol–water partition coefficient (Wildman–Crippen LogP) is 2.92. The second-order valence-corrected chi connectivity index (χ2v) is 5.07.